The third-order valence-corrected chi connectivity index (χ3v) is 8.75. The summed E-state index contributed by atoms with van der Waals surface area (Å²) < 4.78 is 2.36. The molecule has 1 aromatic heterocycles. The van der Waals surface area contributed by atoms with E-state index in [2.05, 4.69) is 107 Å². The van der Waals surface area contributed by atoms with E-state index in [1.54, 1.807) is 0 Å². The summed E-state index contributed by atoms with van der Waals surface area (Å²) in [6.07, 6.45) is 4.48. The summed E-state index contributed by atoms with van der Waals surface area (Å²) in [5.74, 6) is 1.24. The largest absolute Gasteiger partial charge is 0.222 e. The fraction of sp³-hybridized carbons (Fsp3) is 0.303. The summed E-state index contributed by atoms with van der Waals surface area (Å²) in [7, 11) is 2.22. The average Bonchev–Trinajstić information content (AvgIpc) is 2.83. The van der Waals surface area contributed by atoms with E-state index in [1.165, 1.54) is 70.1 Å². The average molecular weight is 477 g/mol. The van der Waals surface area contributed by atoms with Crippen LogP contribution in [0.25, 0.3) is 43.6 Å². The molecule has 0 N–H and O–H groups in total. The summed E-state index contributed by atoms with van der Waals surface area (Å²) >= 11 is 2.01. The first-order valence-corrected chi connectivity index (χ1v) is 13.8. The Balaban J connectivity index is 1.77. The van der Waals surface area contributed by atoms with Gasteiger partial charge in [0, 0.05) is 21.2 Å². The van der Waals surface area contributed by atoms with Crippen molar-refractivity contribution in [1.82, 2.24) is 0 Å². The fourth-order valence-electron chi connectivity index (χ4n) is 6.11. The molecule has 2 heteroatoms. The molecule has 176 valence electrons. The molecule has 4 aromatic carbocycles. The topological polar surface area (TPSA) is 3.88 Å². The predicted molar refractivity (Wildman–Crippen MR) is 152 cm³/mol. The molecule has 0 aliphatic carbocycles. The van der Waals surface area contributed by atoms with Crippen LogP contribution >= 0.6 is 11.8 Å². The zero-order valence-electron chi connectivity index (χ0n) is 21.7. The Morgan fingerprint density at radius 2 is 1.49 bits per heavy atom. The SMILES string of the molecule is Cc1c2c(c(CC(C)C)c3ccccc13)Sc1cc3c(CC(C)C)cccc3c3cc[n+](C)c-2c13. The van der Waals surface area contributed by atoms with Crippen LogP contribution < -0.4 is 4.57 Å². The van der Waals surface area contributed by atoms with E-state index in [0.29, 0.717) is 11.8 Å². The molecule has 0 radical (unpaired) electrons. The van der Waals surface area contributed by atoms with Crippen molar-refractivity contribution in [2.24, 2.45) is 18.9 Å². The van der Waals surface area contributed by atoms with Gasteiger partial charge in [-0.1, -0.05) is 81.9 Å². The minimum absolute atomic E-state index is 0.603. The minimum Gasteiger partial charge on any atom is -0.200 e. The molecule has 5 aromatic rings. The molecule has 0 unspecified atom stereocenters. The van der Waals surface area contributed by atoms with Crippen molar-refractivity contribution < 1.29 is 4.57 Å². The van der Waals surface area contributed by atoms with Gasteiger partial charge in [0.25, 0.3) is 0 Å². The lowest BCUT2D eigenvalue weighted by atomic mass is 9.87. The van der Waals surface area contributed by atoms with Gasteiger partial charge in [0.2, 0.25) is 5.69 Å². The molecule has 0 bridgehead atoms. The van der Waals surface area contributed by atoms with Gasteiger partial charge in [-0.05, 0) is 75.9 Å². The van der Waals surface area contributed by atoms with Crippen LogP contribution in [0.5, 0.6) is 0 Å². The molecule has 0 spiro atoms. The van der Waals surface area contributed by atoms with E-state index in [1.807, 2.05) is 11.8 Å². The number of benzene rings is 4. The Morgan fingerprint density at radius 3 is 2.23 bits per heavy atom. The Bertz CT molecular complexity index is 1640. The Hall–Kier alpha value is -2.84. The van der Waals surface area contributed by atoms with Crippen LogP contribution in [0.1, 0.15) is 44.4 Å². The maximum Gasteiger partial charge on any atom is 0.222 e. The summed E-state index contributed by atoms with van der Waals surface area (Å²) in [6.45, 7) is 11.6. The number of fused-ring (bicyclic) bond motifs is 5. The lowest BCUT2D eigenvalue weighted by molar-refractivity contribution is -0.659. The van der Waals surface area contributed by atoms with Gasteiger partial charge in [0.05, 0.1) is 10.9 Å². The van der Waals surface area contributed by atoms with Gasteiger partial charge >= 0.3 is 0 Å². The zero-order valence-corrected chi connectivity index (χ0v) is 22.5. The molecule has 0 amide bonds. The van der Waals surface area contributed by atoms with Crippen molar-refractivity contribution in [1.29, 1.82) is 0 Å². The predicted octanol–water partition coefficient (Wildman–Crippen LogP) is 8.81. The van der Waals surface area contributed by atoms with E-state index < -0.39 is 0 Å². The smallest absolute Gasteiger partial charge is 0.200 e. The maximum atomic E-state index is 2.50. The highest BCUT2D eigenvalue weighted by Gasteiger charge is 2.32. The molecule has 1 nitrogen and oxygen atoms in total. The molecular formula is C33H34NS+. The summed E-state index contributed by atoms with van der Waals surface area (Å²) in [6, 6.07) is 20.8. The number of nitrogens with zero attached hydrogens (tertiary/aromatic N) is 1. The molecule has 0 atom stereocenters. The van der Waals surface area contributed by atoms with Gasteiger partial charge in [-0.2, -0.15) is 0 Å². The number of hydrogen-bond donors (Lipinski definition) is 0. The second kappa shape index (κ2) is 8.38. The van der Waals surface area contributed by atoms with Crippen molar-refractivity contribution in [2.75, 3.05) is 0 Å². The van der Waals surface area contributed by atoms with Gasteiger partial charge < -0.3 is 0 Å². The van der Waals surface area contributed by atoms with Crippen LogP contribution in [0, 0.1) is 18.8 Å². The summed E-state index contributed by atoms with van der Waals surface area (Å²) in [5, 5.41) is 8.41. The first kappa shape index (κ1) is 22.6. The van der Waals surface area contributed by atoms with E-state index in [9.17, 15) is 0 Å². The van der Waals surface area contributed by atoms with E-state index in [4.69, 9.17) is 0 Å². The highest BCUT2D eigenvalue weighted by atomic mass is 32.2. The maximum absolute atomic E-state index is 2.50. The molecule has 0 saturated carbocycles. The Morgan fingerprint density at radius 1 is 0.771 bits per heavy atom. The van der Waals surface area contributed by atoms with Gasteiger partial charge in [-0.3, -0.25) is 0 Å². The number of pyridine rings is 1. The molecule has 0 saturated heterocycles. The van der Waals surface area contributed by atoms with Gasteiger partial charge in [-0.25, -0.2) is 4.57 Å². The van der Waals surface area contributed by atoms with Crippen LogP contribution in [0.15, 0.2) is 70.6 Å². The molecule has 1 aliphatic rings. The summed E-state index contributed by atoms with van der Waals surface area (Å²) in [5.41, 5.74) is 7.18. The number of hydrogen-bond acceptors (Lipinski definition) is 1. The molecule has 2 heterocycles. The van der Waals surface area contributed by atoms with Crippen LogP contribution in [0.2, 0.25) is 0 Å². The normalized spacial score (nSPS) is 12.9. The van der Waals surface area contributed by atoms with Gasteiger partial charge in [-0.15, -0.1) is 0 Å². The first-order chi connectivity index (χ1) is 16.8. The highest BCUT2D eigenvalue weighted by Crippen LogP contribution is 2.53. The number of rotatable bonds is 4. The third kappa shape index (κ3) is 3.49. The van der Waals surface area contributed by atoms with E-state index in [-0.39, 0.29) is 0 Å². The third-order valence-electron chi connectivity index (χ3n) is 7.55. The fourth-order valence-corrected chi connectivity index (χ4v) is 7.49. The van der Waals surface area contributed by atoms with Gasteiger partial charge in [0.1, 0.15) is 7.05 Å². The minimum atomic E-state index is 0.603. The molecular weight excluding hydrogens is 442 g/mol. The van der Waals surface area contributed by atoms with Crippen molar-refractivity contribution in [3.8, 4) is 11.3 Å². The van der Waals surface area contributed by atoms with Crippen LogP contribution in [-0.4, -0.2) is 0 Å². The zero-order chi connectivity index (χ0) is 24.4. The van der Waals surface area contributed by atoms with Crippen LogP contribution in [0.3, 0.4) is 0 Å². The van der Waals surface area contributed by atoms with Crippen molar-refractivity contribution >= 4 is 44.1 Å². The van der Waals surface area contributed by atoms with Crippen molar-refractivity contribution in [3.05, 3.63) is 77.5 Å². The second-order valence-corrected chi connectivity index (χ2v) is 12.2. The lowest BCUT2D eigenvalue weighted by Gasteiger charge is -2.26. The van der Waals surface area contributed by atoms with E-state index >= 15 is 0 Å². The second-order valence-electron chi connectivity index (χ2n) is 11.1. The molecule has 1 aliphatic heterocycles. The lowest BCUT2D eigenvalue weighted by Crippen LogP contribution is -2.32. The van der Waals surface area contributed by atoms with E-state index in [0.717, 1.165) is 12.8 Å². The molecule has 35 heavy (non-hydrogen) atoms. The highest BCUT2D eigenvalue weighted by molar-refractivity contribution is 8.00. The Labute approximate surface area is 213 Å². The Kier molecular flexibility index (Phi) is 5.41. The van der Waals surface area contributed by atoms with Gasteiger partial charge in [0.15, 0.2) is 6.20 Å². The number of aromatic nitrogens is 1. The van der Waals surface area contributed by atoms with Crippen molar-refractivity contribution in [2.45, 2.75) is 57.3 Å². The quantitative estimate of drug-likeness (QED) is 0.182. The molecule has 6 rings (SSSR count). The van der Waals surface area contributed by atoms with Crippen LogP contribution in [-0.2, 0) is 19.9 Å². The van der Waals surface area contributed by atoms with Crippen molar-refractivity contribution in [3.63, 3.8) is 0 Å². The number of aryl methyl sites for hydroxylation is 2. The monoisotopic (exact) mass is 476 g/mol. The summed E-state index contributed by atoms with van der Waals surface area (Å²) in [4.78, 5) is 2.87. The molecule has 0 fully saturated rings. The standard InChI is InChI=1S/C33H34NS/c1-19(2)16-22-10-9-13-25-26-14-15-34(6)32-30-21(5)23-11-7-8-12-24(23)28(17-20(3)4)33(30)35-29(31(26)32)18-27(22)25/h7-15,18-20H,16-17H2,1-6H3/q+1. The van der Waals surface area contributed by atoms with Crippen LogP contribution in [0.4, 0.5) is 0 Å². The first-order valence-electron chi connectivity index (χ1n) is 12.9.